The minimum atomic E-state index is -0.354. The number of benzene rings is 1. The third kappa shape index (κ3) is 3.13. The fourth-order valence-corrected chi connectivity index (χ4v) is 2.43. The molecule has 110 valence electrons. The van der Waals surface area contributed by atoms with Gasteiger partial charge < -0.3 is 9.51 Å². The van der Waals surface area contributed by atoms with Crippen LogP contribution in [0.25, 0.3) is 22.4 Å². The van der Waals surface area contributed by atoms with Gasteiger partial charge in [0, 0.05) is 11.8 Å². The summed E-state index contributed by atoms with van der Waals surface area (Å²) in [6.07, 6.45) is 3.85. The zero-order valence-electron chi connectivity index (χ0n) is 12.3. The van der Waals surface area contributed by atoms with Crippen molar-refractivity contribution in [2.75, 3.05) is 6.26 Å². The first kappa shape index (κ1) is 15.3. The van der Waals surface area contributed by atoms with Crippen LogP contribution in [0.1, 0.15) is 13.8 Å². The highest BCUT2D eigenvalue weighted by atomic mass is 32.2. The van der Waals surface area contributed by atoms with Gasteiger partial charge in [-0.1, -0.05) is 44.2 Å². The van der Waals surface area contributed by atoms with Crippen molar-refractivity contribution < 1.29 is 4.52 Å². The van der Waals surface area contributed by atoms with Gasteiger partial charge in [0.1, 0.15) is 0 Å². The van der Waals surface area contributed by atoms with Crippen LogP contribution in [0.5, 0.6) is 0 Å². The Morgan fingerprint density at radius 3 is 2.43 bits per heavy atom. The van der Waals surface area contributed by atoms with Crippen LogP contribution < -0.4 is 5.63 Å². The van der Waals surface area contributed by atoms with Crippen LogP contribution in [0.3, 0.4) is 0 Å². The molecule has 1 aromatic carbocycles. The standard InChI is InChI=1S/C14H12N2O2S.C2H6/c1-19-11-7-10(8-15-11)13-12(14(17)18-16-13)9-5-3-2-4-6-9;1-2/h2-8,15-16H,1H3;1-2H3. The quantitative estimate of drug-likeness (QED) is 0.706. The van der Waals surface area contributed by atoms with Crippen LogP contribution in [-0.2, 0) is 0 Å². The molecule has 0 aliphatic rings. The maximum absolute atomic E-state index is 11.9. The summed E-state index contributed by atoms with van der Waals surface area (Å²) < 4.78 is 4.95. The molecular weight excluding hydrogens is 284 g/mol. The number of nitrogens with one attached hydrogen (secondary N) is 2. The summed E-state index contributed by atoms with van der Waals surface area (Å²) in [4.78, 5) is 15.0. The first-order valence-corrected chi connectivity index (χ1v) is 8.01. The van der Waals surface area contributed by atoms with Crippen LogP contribution in [0.4, 0.5) is 0 Å². The molecule has 0 spiro atoms. The summed E-state index contributed by atoms with van der Waals surface area (Å²) in [6.45, 7) is 4.00. The Morgan fingerprint density at radius 2 is 1.81 bits per heavy atom. The van der Waals surface area contributed by atoms with Gasteiger partial charge in [-0.25, -0.2) is 9.95 Å². The van der Waals surface area contributed by atoms with E-state index in [4.69, 9.17) is 4.52 Å². The van der Waals surface area contributed by atoms with Crippen molar-refractivity contribution in [3.63, 3.8) is 0 Å². The molecule has 0 unspecified atom stereocenters. The lowest BCUT2D eigenvalue weighted by atomic mass is 10.0. The lowest BCUT2D eigenvalue weighted by Gasteiger charge is -1.98. The largest absolute Gasteiger partial charge is 0.365 e. The summed E-state index contributed by atoms with van der Waals surface area (Å²) in [6, 6.07) is 11.5. The monoisotopic (exact) mass is 302 g/mol. The van der Waals surface area contributed by atoms with Crippen molar-refractivity contribution in [2.45, 2.75) is 18.9 Å². The summed E-state index contributed by atoms with van der Waals surface area (Å²) in [7, 11) is 0. The second kappa shape index (κ2) is 7.04. The first-order chi connectivity index (χ1) is 10.3. The average molecular weight is 302 g/mol. The Kier molecular flexibility index (Phi) is 5.11. The van der Waals surface area contributed by atoms with Gasteiger partial charge in [0.05, 0.1) is 16.3 Å². The molecule has 0 aliphatic heterocycles. The molecule has 3 rings (SSSR count). The molecule has 2 heterocycles. The number of thioether (sulfide) groups is 1. The van der Waals surface area contributed by atoms with E-state index in [1.165, 1.54) is 0 Å². The van der Waals surface area contributed by atoms with Crippen molar-refractivity contribution in [3.8, 4) is 22.4 Å². The molecule has 3 aromatic rings. The van der Waals surface area contributed by atoms with E-state index >= 15 is 0 Å². The molecule has 4 nitrogen and oxygen atoms in total. The maximum atomic E-state index is 11.9. The molecule has 0 saturated carbocycles. The Bertz CT molecular complexity index is 741. The van der Waals surface area contributed by atoms with Crippen LogP contribution in [0.2, 0.25) is 0 Å². The Labute approximate surface area is 127 Å². The third-order valence-electron chi connectivity index (χ3n) is 2.93. The molecule has 21 heavy (non-hydrogen) atoms. The predicted molar refractivity (Wildman–Crippen MR) is 87.7 cm³/mol. The van der Waals surface area contributed by atoms with Gasteiger partial charge in [0.25, 0.3) is 0 Å². The molecule has 2 N–H and O–H groups in total. The molecule has 2 aromatic heterocycles. The molecule has 0 amide bonds. The second-order valence-electron chi connectivity index (χ2n) is 4.06. The van der Waals surface area contributed by atoms with E-state index in [2.05, 4.69) is 10.1 Å². The molecule has 0 aliphatic carbocycles. The third-order valence-corrected chi connectivity index (χ3v) is 3.60. The van der Waals surface area contributed by atoms with Gasteiger partial charge in [-0.05, 0) is 17.9 Å². The van der Waals surface area contributed by atoms with E-state index in [1.54, 1.807) is 11.8 Å². The Balaban J connectivity index is 0.000000774. The van der Waals surface area contributed by atoms with E-state index in [9.17, 15) is 4.79 Å². The van der Waals surface area contributed by atoms with E-state index in [-0.39, 0.29) is 5.63 Å². The van der Waals surface area contributed by atoms with Gasteiger partial charge in [-0.2, -0.15) is 0 Å². The zero-order chi connectivity index (χ0) is 15.2. The van der Waals surface area contributed by atoms with Crippen molar-refractivity contribution in [1.29, 1.82) is 0 Å². The minimum Gasteiger partial charge on any atom is -0.356 e. The fraction of sp³-hybridized carbons (Fsp3) is 0.188. The molecule has 0 saturated heterocycles. The average Bonchev–Trinajstić information content (AvgIpc) is 3.16. The van der Waals surface area contributed by atoms with E-state index in [0.29, 0.717) is 11.3 Å². The molecule has 5 heteroatoms. The van der Waals surface area contributed by atoms with Gasteiger partial charge in [-0.3, -0.25) is 0 Å². The topological polar surface area (TPSA) is 61.8 Å². The summed E-state index contributed by atoms with van der Waals surface area (Å²) >= 11 is 1.61. The van der Waals surface area contributed by atoms with E-state index < -0.39 is 0 Å². The van der Waals surface area contributed by atoms with Crippen molar-refractivity contribution in [1.82, 2.24) is 10.1 Å². The smallest absolute Gasteiger partial charge is 0.356 e. The minimum absolute atomic E-state index is 0.354. The number of aromatic nitrogens is 2. The van der Waals surface area contributed by atoms with Crippen LogP contribution in [0, 0.1) is 0 Å². The highest BCUT2D eigenvalue weighted by molar-refractivity contribution is 7.98. The van der Waals surface area contributed by atoms with Gasteiger partial charge in [0.15, 0.2) is 0 Å². The number of hydrogen-bond donors (Lipinski definition) is 2. The summed E-state index contributed by atoms with van der Waals surface area (Å²) in [5, 5.41) is 3.75. The Hall–Kier alpha value is -2.14. The number of aromatic amines is 2. The first-order valence-electron chi connectivity index (χ1n) is 6.79. The number of hydrogen-bond acceptors (Lipinski definition) is 3. The molecular formula is C16H18N2O2S. The number of rotatable bonds is 3. The van der Waals surface area contributed by atoms with Gasteiger partial charge >= 0.3 is 5.63 Å². The van der Waals surface area contributed by atoms with Crippen LogP contribution in [-0.4, -0.2) is 16.4 Å². The second-order valence-corrected chi connectivity index (χ2v) is 4.91. The fourth-order valence-electron chi connectivity index (χ4n) is 2.01. The summed E-state index contributed by atoms with van der Waals surface area (Å²) in [5.41, 5.74) is 2.67. The number of H-pyrrole nitrogens is 2. The van der Waals surface area contributed by atoms with Gasteiger partial charge in [0.2, 0.25) is 0 Å². The van der Waals surface area contributed by atoms with E-state index in [0.717, 1.165) is 16.2 Å². The molecule has 0 fully saturated rings. The van der Waals surface area contributed by atoms with Gasteiger partial charge in [-0.15, -0.1) is 11.8 Å². The summed E-state index contributed by atoms with van der Waals surface area (Å²) in [5.74, 6) is 0. The van der Waals surface area contributed by atoms with Crippen molar-refractivity contribution >= 4 is 11.8 Å². The zero-order valence-corrected chi connectivity index (χ0v) is 13.1. The lowest BCUT2D eigenvalue weighted by Crippen LogP contribution is -1.96. The molecule has 0 atom stereocenters. The highest BCUT2D eigenvalue weighted by Gasteiger charge is 2.16. The van der Waals surface area contributed by atoms with Crippen molar-refractivity contribution in [2.24, 2.45) is 0 Å². The van der Waals surface area contributed by atoms with Crippen LogP contribution in [0.15, 0.2) is 56.9 Å². The molecule has 0 bridgehead atoms. The lowest BCUT2D eigenvalue weighted by molar-refractivity contribution is 0.394. The van der Waals surface area contributed by atoms with E-state index in [1.807, 2.05) is 62.7 Å². The Morgan fingerprint density at radius 1 is 1.10 bits per heavy atom. The normalized spacial score (nSPS) is 10.0. The van der Waals surface area contributed by atoms with Crippen molar-refractivity contribution in [3.05, 3.63) is 53.0 Å². The highest BCUT2D eigenvalue weighted by Crippen LogP contribution is 2.29. The predicted octanol–water partition coefficient (Wildman–Crippen LogP) is 4.38. The SMILES string of the molecule is CC.CSc1cc(-c2[nH]oc(=O)c2-c2ccccc2)c[nH]1. The molecule has 0 radical (unpaired) electrons. The van der Waals surface area contributed by atoms with Crippen LogP contribution >= 0.6 is 11.8 Å². The maximum Gasteiger partial charge on any atom is 0.365 e.